The van der Waals surface area contributed by atoms with E-state index in [9.17, 15) is 13.2 Å². The van der Waals surface area contributed by atoms with Crippen LogP contribution in [0.1, 0.15) is 81.6 Å². The summed E-state index contributed by atoms with van der Waals surface area (Å²) < 4.78 is 36.3. The topological polar surface area (TPSA) is 112 Å². The van der Waals surface area contributed by atoms with Crippen molar-refractivity contribution in [3.05, 3.63) is 27.2 Å². The third kappa shape index (κ3) is 6.82. The molecule has 3 rings (SSSR count). The first-order valence-electron chi connectivity index (χ1n) is 10.4. The Kier molecular flexibility index (Phi) is 11.8. The van der Waals surface area contributed by atoms with Crippen LogP contribution in [0.4, 0.5) is 0 Å². The van der Waals surface area contributed by atoms with Gasteiger partial charge in [-0.05, 0) is 49.1 Å². The molecule has 1 aromatic rings. The summed E-state index contributed by atoms with van der Waals surface area (Å²) in [4.78, 5) is 13.3. The summed E-state index contributed by atoms with van der Waals surface area (Å²) in [5.74, 6) is 0.568. The maximum absolute atomic E-state index is 13.3. The number of carbonyl (C=O) groups is 1. The molecule has 3 N–H and O–H groups in total. The molecule has 1 aromatic carbocycles. The molecule has 0 aliphatic heterocycles. The zero-order valence-electron chi connectivity index (χ0n) is 19.1. The SMILES string of the molecule is CCCCC1c2cc(OCCCS(=O)(=O)O)c(Cl)c(Cl)c2C(=O)C1C1CCCC1.O.[H-].[Na+]. The number of carbonyl (C=O) groups excluding carboxylic acids is 1. The van der Waals surface area contributed by atoms with Gasteiger partial charge in [-0.1, -0.05) is 55.8 Å². The molecule has 0 saturated heterocycles. The first-order valence-corrected chi connectivity index (χ1v) is 12.7. The van der Waals surface area contributed by atoms with Gasteiger partial charge in [0, 0.05) is 11.5 Å². The molecule has 31 heavy (non-hydrogen) atoms. The van der Waals surface area contributed by atoms with Crippen LogP contribution in [0.5, 0.6) is 5.75 Å². The minimum Gasteiger partial charge on any atom is -1.00 e. The van der Waals surface area contributed by atoms with E-state index < -0.39 is 10.1 Å². The van der Waals surface area contributed by atoms with Crippen molar-refractivity contribution in [3.8, 4) is 5.75 Å². The van der Waals surface area contributed by atoms with Gasteiger partial charge in [0.2, 0.25) is 0 Å². The number of rotatable bonds is 9. The molecule has 0 amide bonds. The zero-order valence-corrected chi connectivity index (χ0v) is 22.5. The Hall–Kier alpha value is 0.140. The number of ether oxygens (including phenoxy) is 1. The van der Waals surface area contributed by atoms with Gasteiger partial charge >= 0.3 is 29.6 Å². The van der Waals surface area contributed by atoms with Crippen LogP contribution in [-0.4, -0.2) is 36.6 Å². The van der Waals surface area contributed by atoms with E-state index in [0.717, 1.165) is 37.7 Å². The van der Waals surface area contributed by atoms with Crippen molar-refractivity contribution >= 4 is 39.1 Å². The van der Waals surface area contributed by atoms with Crippen molar-refractivity contribution in [2.75, 3.05) is 12.4 Å². The number of ketones is 1. The predicted octanol–water partition coefficient (Wildman–Crippen LogP) is 2.22. The van der Waals surface area contributed by atoms with E-state index in [1.807, 2.05) is 6.07 Å². The van der Waals surface area contributed by atoms with Gasteiger partial charge in [0.05, 0.1) is 17.4 Å². The monoisotopic (exact) mass is 504 g/mol. The molecule has 0 heterocycles. The molecule has 0 bridgehead atoms. The molecule has 2 atom stereocenters. The van der Waals surface area contributed by atoms with Crippen molar-refractivity contribution in [1.82, 2.24) is 0 Å². The Morgan fingerprint density at radius 3 is 2.42 bits per heavy atom. The molecule has 2 aliphatic carbocycles. The van der Waals surface area contributed by atoms with Crippen molar-refractivity contribution in [2.45, 2.75) is 64.2 Å². The smallest absolute Gasteiger partial charge is 1.00 e. The van der Waals surface area contributed by atoms with Gasteiger partial charge in [-0.25, -0.2) is 0 Å². The zero-order chi connectivity index (χ0) is 21.2. The van der Waals surface area contributed by atoms with E-state index in [4.69, 9.17) is 32.5 Å². The molecular weight excluding hydrogens is 474 g/mol. The van der Waals surface area contributed by atoms with E-state index in [-0.39, 0.29) is 82.9 Å². The second-order valence-corrected chi connectivity index (χ2v) is 10.5. The van der Waals surface area contributed by atoms with Gasteiger partial charge in [-0.3, -0.25) is 9.35 Å². The molecule has 0 spiro atoms. The van der Waals surface area contributed by atoms with Crippen molar-refractivity contribution in [2.24, 2.45) is 11.8 Å². The van der Waals surface area contributed by atoms with Gasteiger partial charge in [-0.2, -0.15) is 8.42 Å². The first kappa shape index (κ1) is 29.2. The fourth-order valence-corrected chi connectivity index (χ4v) is 5.84. The Balaban J connectivity index is 0.00000320. The number of benzene rings is 1. The number of hydrogen-bond acceptors (Lipinski definition) is 4. The van der Waals surface area contributed by atoms with Crippen LogP contribution < -0.4 is 34.3 Å². The van der Waals surface area contributed by atoms with Crippen LogP contribution in [0, 0.1) is 11.8 Å². The van der Waals surface area contributed by atoms with E-state index in [1.165, 1.54) is 12.8 Å². The molecule has 0 radical (unpaired) electrons. The van der Waals surface area contributed by atoms with Crippen LogP contribution in [-0.2, 0) is 10.1 Å². The minimum absolute atomic E-state index is 0. The van der Waals surface area contributed by atoms with E-state index in [1.54, 1.807) is 0 Å². The standard InChI is InChI=1S/C21H28Cl2O5S.Na.H2O.H/c1-2-3-9-14-15-12-16(28-10-6-11-29(25,26)27)19(22)20(23)18(15)21(24)17(14)13-7-4-5-8-13;;;/h12-14,17H,2-11H2,1H3,(H,25,26,27);;1H2;/q;+1;;-1. The van der Waals surface area contributed by atoms with Gasteiger partial charge < -0.3 is 11.6 Å². The molecule has 10 heteroatoms. The van der Waals surface area contributed by atoms with Crippen LogP contribution >= 0.6 is 23.2 Å². The van der Waals surface area contributed by atoms with Gasteiger partial charge in [0.1, 0.15) is 10.8 Å². The van der Waals surface area contributed by atoms with Gasteiger partial charge in [0.25, 0.3) is 10.1 Å². The predicted molar refractivity (Wildman–Crippen MR) is 120 cm³/mol. The Morgan fingerprint density at radius 1 is 1.19 bits per heavy atom. The maximum atomic E-state index is 13.3. The summed E-state index contributed by atoms with van der Waals surface area (Å²) in [6.45, 7) is 2.22. The molecule has 172 valence electrons. The summed E-state index contributed by atoms with van der Waals surface area (Å²) in [6.07, 6.45) is 7.64. The van der Waals surface area contributed by atoms with E-state index in [2.05, 4.69) is 6.92 Å². The third-order valence-electron chi connectivity index (χ3n) is 6.17. The van der Waals surface area contributed by atoms with E-state index >= 15 is 0 Å². The van der Waals surface area contributed by atoms with Crippen molar-refractivity contribution in [3.63, 3.8) is 0 Å². The molecular formula is C21H31Cl2NaO6S. The third-order valence-corrected chi connectivity index (χ3v) is 7.82. The minimum atomic E-state index is -4.03. The number of unbranched alkanes of at least 4 members (excludes halogenated alkanes) is 1. The molecule has 2 aliphatic rings. The summed E-state index contributed by atoms with van der Waals surface area (Å²) >= 11 is 12.9. The maximum Gasteiger partial charge on any atom is 1.00 e. The number of Topliss-reactive ketones (excluding diaryl/α,β-unsaturated/α-hetero) is 1. The Bertz CT molecular complexity index is 878. The second kappa shape index (κ2) is 12.6. The van der Waals surface area contributed by atoms with Crippen LogP contribution in [0.25, 0.3) is 0 Å². The van der Waals surface area contributed by atoms with Crippen molar-refractivity contribution < 1.29 is 59.0 Å². The fourth-order valence-electron chi connectivity index (χ4n) is 4.85. The average molecular weight is 505 g/mol. The summed E-state index contributed by atoms with van der Waals surface area (Å²) in [5, 5.41) is 0.424. The van der Waals surface area contributed by atoms with Crippen LogP contribution in [0.15, 0.2) is 6.07 Å². The second-order valence-electron chi connectivity index (χ2n) is 8.14. The molecule has 2 unspecified atom stereocenters. The average Bonchev–Trinajstić information content (AvgIpc) is 3.26. The fraction of sp³-hybridized carbons (Fsp3) is 0.667. The summed E-state index contributed by atoms with van der Waals surface area (Å²) in [7, 11) is -4.03. The van der Waals surface area contributed by atoms with Crippen LogP contribution in [0.2, 0.25) is 10.0 Å². The number of fused-ring (bicyclic) bond motifs is 1. The first-order chi connectivity index (χ1) is 13.7. The molecule has 6 nitrogen and oxygen atoms in total. The van der Waals surface area contributed by atoms with Crippen molar-refractivity contribution in [1.29, 1.82) is 0 Å². The molecule has 1 saturated carbocycles. The summed E-state index contributed by atoms with van der Waals surface area (Å²) in [5.41, 5.74) is 1.46. The number of hydrogen-bond donors (Lipinski definition) is 1. The van der Waals surface area contributed by atoms with Gasteiger partial charge in [0.15, 0.2) is 5.78 Å². The summed E-state index contributed by atoms with van der Waals surface area (Å²) in [6, 6.07) is 1.82. The Morgan fingerprint density at radius 2 is 1.84 bits per heavy atom. The number of halogens is 2. The Labute approximate surface area is 218 Å². The molecule has 0 aromatic heterocycles. The molecule has 1 fully saturated rings. The van der Waals surface area contributed by atoms with E-state index in [0.29, 0.717) is 17.2 Å². The normalized spacial score (nSPS) is 20.8. The van der Waals surface area contributed by atoms with Gasteiger partial charge in [-0.15, -0.1) is 0 Å². The largest absolute Gasteiger partial charge is 1.00 e. The quantitative estimate of drug-likeness (QED) is 0.314. The van der Waals surface area contributed by atoms with Crippen LogP contribution in [0.3, 0.4) is 0 Å².